The Kier molecular flexibility index (Phi) is 4.33. The molecule has 1 atom stereocenters. The van der Waals surface area contributed by atoms with Gasteiger partial charge in [-0.1, -0.05) is 13.0 Å². The van der Waals surface area contributed by atoms with E-state index in [0.717, 1.165) is 13.1 Å². The molecule has 3 rings (SSSR count). The van der Waals surface area contributed by atoms with Crippen LogP contribution in [0.25, 0.3) is 5.52 Å². The molecule has 0 saturated carbocycles. The summed E-state index contributed by atoms with van der Waals surface area (Å²) in [5.41, 5.74) is 2.48. The Bertz CT molecular complexity index is 542. The molecule has 0 spiro atoms. The molecular formula is C16H24N4. The SMILES string of the molecule is CC(CNCc1cnn2ccccc12)CN1CCCC1. The van der Waals surface area contributed by atoms with Crippen LogP contribution in [-0.2, 0) is 6.54 Å². The third-order valence-electron chi connectivity index (χ3n) is 4.08. The highest BCUT2D eigenvalue weighted by atomic mass is 15.2. The van der Waals surface area contributed by atoms with Gasteiger partial charge in [-0.2, -0.15) is 5.10 Å². The predicted molar refractivity (Wildman–Crippen MR) is 81.7 cm³/mol. The topological polar surface area (TPSA) is 32.6 Å². The maximum absolute atomic E-state index is 4.37. The Labute approximate surface area is 120 Å². The van der Waals surface area contributed by atoms with Gasteiger partial charge in [0.2, 0.25) is 0 Å². The van der Waals surface area contributed by atoms with Crippen LogP contribution in [0.5, 0.6) is 0 Å². The summed E-state index contributed by atoms with van der Waals surface area (Å²) < 4.78 is 1.94. The smallest absolute Gasteiger partial charge is 0.0706 e. The lowest BCUT2D eigenvalue weighted by molar-refractivity contribution is 0.282. The van der Waals surface area contributed by atoms with Crippen LogP contribution in [0.1, 0.15) is 25.3 Å². The van der Waals surface area contributed by atoms with Crippen LogP contribution in [-0.4, -0.2) is 40.7 Å². The molecule has 1 aliphatic rings. The Hall–Kier alpha value is -1.39. The van der Waals surface area contributed by atoms with E-state index in [4.69, 9.17) is 0 Å². The van der Waals surface area contributed by atoms with Gasteiger partial charge in [-0.25, -0.2) is 4.52 Å². The summed E-state index contributed by atoms with van der Waals surface area (Å²) in [4.78, 5) is 2.58. The minimum absolute atomic E-state index is 0.704. The van der Waals surface area contributed by atoms with E-state index in [-0.39, 0.29) is 0 Å². The number of hydrogen-bond donors (Lipinski definition) is 1. The van der Waals surface area contributed by atoms with Crippen LogP contribution >= 0.6 is 0 Å². The number of fused-ring (bicyclic) bond motifs is 1. The highest BCUT2D eigenvalue weighted by Gasteiger charge is 2.14. The lowest BCUT2D eigenvalue weighted by Crippen LogP contribution is -2.31. The molecule has 108 valence electrons. The van der Waals surface area contributed by atoms with Crippen molar-refractivity contribution in [3.05, 3.63) is 36.2 Å². The summed E-state index contributed by atoms with van der Waals surface area (Å²) in [7, 11) is 0. The number of rotatable bonds is 6. The fourth-order valence-corrected chi connectivity index (χ4v) is 3.05. The second kappa shape index (κ2) is 6.37. The van der Waals surface area contributed by atoms with E-state index < -0.39 is 0 Å². The van der Waals surface area contributed by atoms with Gasteiger partial charge in [-0.05, 0) is 50.5 Å². The summed E-state index contributed by atoms with van der Waals surface area (Å²) >= 11 is 0. The highest BCUT2D eigenvalue weighted by Crippen LogP contribution is 2.11. The fourth-order valence-electron chi connectivity index (χ4n) is 3.05. The van der Waals surface area contributed by atoms with Crippen LogP contribution in [0.4, 0.5) is 0 Å². The number of hydrogen-bond acceptors (Lipinski definition) is 3. The molecular weight excluding hydrogens is 248 g/mol. The third kappa shape index (κ3) is 3.19. The normalized spacial score (nSPS) is 17.9. The van der Waals surface area contributed by atoms with Crippen molar-refractivity contribution in [1.82, 2.24) is 19.8 Å². The Balaban J connectivity index is 1.47. The molecule has 20 heavy (non-hydrogen) atoms. The van der Waals surface area contributed by atoms with Gasteiger partial charge >= 0.3 is 0 Å². The van der Waals surface area contributed by atoms with Crippen molar-refractivity contribution < 1.29 is 0 Å². The zero-order chi connectivity index (χ0) is 13.8. The Morgan fingerprint density at radius 3 is 3.00 bits per heavy atom. The molecule has 1 fully saturated rings. The van der Waals surface area contributed by atoms with E-state index >= 15 is 0 Å². The first kappa shape index (κ1) is 13.6. The summed E-state index contributed by atoms with van der Waals surface area (Å²) in [5.74, 6) is 0.704. The van der Waals surface area contributed by atoms with E-state index in [1.807, 2.05) is 23.0 Å². The fraction of sp³-hybridized carbons (Fsp3) is 0.562. The van der Waals surface area contributed by atoms with Crippen molar-refractivity contribution in [1.29, 1.82) is 0 Å². The molecule has 0 aliphatic carbocycles. The number of nitrogens with one attached hydrogen (secondary N) is 1. The van der Waals surface area contributed by atoms with Crippen LogP contribution < -0.4 is 5.32 Å². The Morgan fingerprint density at radius 2 is 2.15 bits per heavy atom. The van der Waals surface area contributed by atoms with E-state index in [2.05, 4.69) is 34.4 Å². The quantitative estimate of drug-likeness (QED) is 0.874. The predicted octanol–water partition coefficient (Wildman–Crippen LogP) is 2.16. The first-order chi connectivity index (χ1) is 9.83. The van der Waals surface area contributed by atoms with Gasteiger partial charge in [-0.3, -0.25) is 0 Å². The number of aromatic nitrogens is 2. The van der Waals surface area contributed by atoms with Crippen LogP contribution in [0.15, 0.2) is 30.6 Å². The monoisotopic (exact) mass is 272 g/mol. The average Bonchev–Trinajstić information content (AvgIpc) is 3.09. The minimum Gasteiger partial charge on any atom is -0.312 e. The largest absolute Gasteiger partial charge is 0.312 e. The van der Waals surface area contributed by atoms with Gasteiger partial charge in [0.05, 0.1) is 11.7 Å². The molecule has 1 N–H and O–H groups in total. The molecule has 1 saturated heterocycles. The highest BCUT2D eigenvalue weighted by molar-refractivity contribution is 5.53. The van der Waals surface area contributed by atoms with Crippen LogP contribution in [0, 0.1) is 5.92 Å². The molecule has 0 radical (unpaired) electrons. The molecule has 4 heteroatoms. The average molecular weight is 272 g/mol. The van der Waals surface area contributed by atoms with Crippen molar-refractivity contribution >= 4 is 5.52 Å². The molecule has 0 bridgehead atoms. The van der Waals surface area contributed by atoms with Crippen molar-refractivity contribution in [2.24, 2.45) is 5.92 Å². The van der Waals surface area contributed by atoms with Crippen LogP contribution in [0.2, 0.25) is 0 Å². The second-order valence-corrected chi connectivity index (χ2v) is 5.94. The van der Waals surface area contributed by atoms with Gasteiger partial charge in [0.15, 0.2) is 0 Å². The first-order valence-electron chi connectivity index (χ1n) is 7.67. The van der Waals surface area contributed by atoms with Crippen molar-refractivity contribution in [2.45, 2.75) is 26.3 Å². The Morgan fingerprint density at radius 1 is 1.30 bits per heavy atom. The van der Waals surface area contributed by atoms with E-state index in [1.54, 1.807) is 0 Å². The summed E-state index contributed by atoms with van der Waals surface area (Å²) in [6.07, 6.45) is 6.72. The molecule has 1 aliphatic heterocycles. The van der Waals surface area contributed by atoms with Crippen molar-refractivity contribution in [3.63, 3.8) is 0 Å². The molecule has 2 aromatic rings. The molecule has 0 amide bonds. The van der Waals surface area contributed by atoms with Gasteiger partial charge < -0.3 is 10.2 Å². The standard InChI is InChI=1S/C16H24N4/c1-14(13-19-7-4-5-8-19)10-17-11-15-12-18-20-9-3-2-6-16(15)20/h2-3,6,9,12,14,17H,4-5,7-8,10-11,13H2,1H3. The number of nitrogens with zero attached hydrogens (tertiary/aromatic N) is 3. The summed E-state index contributed by atoms with van der Waals surface area (Å²) in [6, 6.07) is 6.20. The zero-order valence-electron chi connectivity index (χ0n) is 12.3. The van der Waals surface area contributed by atoms with E-state index in [1.165, 1.54) is 43.6 Å². The van der Waals surface area contributed by atoms with E-state index in [9.17, 15) is 0 Å². The molecule has 0 aromatic carbocycles. The summed E-state index contributed by atoms with van der Waals surface area (Å²) in [5, 5.41) is 7.94. The van der Waals surface area contributed by atoms with Crippen molar-refractivity contribution in [2.75, 3.05) is 26.2 Å². The van der Waals surface area contributed by atoms with Crippen molar-refractivity contribution in [3.8, 4) is 0 Å². The molecule has 2 aromatic heterocycles. The lowest BCUT2D eigenvalue weighted by Gasteiger charge is -2.20. The third-order valence-corrected chi connectivity index (χ3v) is 4.08. The summed E-state index contributed by atoms with van der Waals surface area (Å²) in [6.45, 7) is 8.11. The second-order valence-electron chi connectivity index (χ2n) is 5.94. The van der Waals surface area contributed by atoms with Gasteiger partial charge in [-0.15, -0.1) is 0 Å². The maximum atomic E-state index is 4.37. The number of likely N-dealkylation sites (tertiary alicyclic amines) is 1. The van der Waals surface area contributed by atoms with Gasteiger partial charge in [0, 0.05) is 24.8 Å². The lowest BCUT2D eigenvalue weighted by atomic mass is 10.1. The molecule has 1 unspecified atom stereocenters. The van der Waals surface area contributed by atoms with E-state index in [0.29, 0.717) is 5.92 Å². The molecule has 4 nitrogen and oxygen atoms in total. The minimum atomic E-state index is 0.704. The first-order valence-corrected chi connectivity index (χ1v) is 7.67. The van der Waals surface area contributed by atoms with Gasteiger partial charge in [0.25, 0.3) is 0 Å². The van der Waals surface area contributed by atoms with Gasteiger partial charge in [0.1, 0.15) is 0 Å². The zero-order valence-corrected chi connectivity index (χ0v) is 12.3. The molecule has 3 heterocycles. The number of pyridine rings is 1. The van der Waals surface area contributed by atoms with Crippen LogP contribution in [0.3, 0.4) is 0 Å². The maximum Gasteiger partial charge on any atom is 0.0706 e.